The molecule has 0 heterocycles. The van der Waals surface area contributed by atoms with Crippen molar-refractivity contribution in [3.05, 3.63) is 42.5 Å². The van der Waals surface area contributed by atoms with Gasteiger partial charge in [0.25, 0.3) is 0 Å². The molecular formula is C8H8N. The van der Waals surface area contributed by atoms with E-state index in [1.165, 1.54) is 0 Å². The predicted octanol–water partition coefficient (Wildman–Crippen LogP) is 1.42. The van der Waals surface area contributed by atoms with Gasteiger partial charge in [-0.15, -0.1) is 0 Å². The van der Waals surface area contributed by atoms with Crippen molar-refractivity contribution in [1.82, 2.24) is 0 Å². The molecule has 0 spiro atoms. The Kier molecular flexibility index (Phi) is 1.54. The Morgan fingerprint density at radius 1 is 1.67 bits per heavy atom. The van der Waals surface area contributed by atoms with Crippen LogP contribution in [-0.2, 0) is 0 Å². The zero-order valence-electron chi connectivity index (χ0n) is 5.09. The highest BCUT2D eigenvalue weighted by Crippen LogP contribution is 2.03. The van der Waals surface area contributed by atoms with E-state index < -0.39 is 0 Å². The lowest BCUT2D eigenvalue weighted by Gasteiger charge is -1.94. The van der Waals surface area contributed by atoms with E-state index in [1.54, 1.807) is 0 Å². The van der Waals surface area contributed by atoms with Gasteiger partial charge in [-0.05, 0) is 17.7 Å². The molecule has 0 unspecified atom stereocenters. The number of hydrogen-bond acceptors (Lipinski definition) is 1. The third-order valence-electron chi connectivity index (χ3n) is 1.08. The van der Waals surface area contributed by atoms with E-state index >= 15 is 0 Å². The summed E-state index contributed by atoms with van der Waals surface area (Å²) in [7, 11) is 0. The zero-order chi connectivity index (χ0) is 6.69. The standard InChI is InChI=1S/C8H8N/c1-7(9)8-5-3-2-4-6-8/h2-3,5-6H,1,9H2. The second-order valence-corrected chi connectivity index (χ2v) is 1.82. The largest absolute Gasteiger partial charge is 0.399 e. The Morgan fingerprint density at radius 2 is 2.44 bits per heavy atom. The fourth-order valence-electron chi connectivity index (χ4n) is 0.593. The van der Waals surface area contributed by atoms with Crippen molar-refractivity contribution >= 4 is 5.70 Å². The molecule has 1 aromatic carbocycles. The number of nitrogens with two attached hydrogens (primary N) is 1. The van der Waals surface area contributed by atoms with Crippen LogP contribution in [0, 0.1) is 6.07 Å². The molecule has 1 aromatic rings. The minimum Gasteiger partial charge on any atom is -0.399 e. The van der Waals surface area contributed by atoms with Crippen LogP contribution in [0.25, 0.3) is 5.70 Å². The molecule has 9 heavy (non-hydrogen) atoms. The fourth-order valence-corrected chi connectivity index (χ4v) is 0.593. The van der Waals surface area contributed by atoms with E-state index in [4.69, 9.17) is 5.73 Å². The van der Waals surface area contributed by atoms with Crippen LogP contribution in [0.1, 0.15) is 5.56 Å². The van der Waals surface area contributed by atoms with E-state index in [9.17, 15) is 0 Å². The van der Waals surface area contributed by atoms with E-state index in [1.807, 2.05) is 24.3 Å². The third-order valence-corrected chi connectivity index (χ3v) is 1.08. The Morgan fingerprint density at radius 3 is 2.78 bits per heavy atom. The summed E-state index contributed by atoms with van der Waals surface area (Å²) in [6, 6.07) is 10.3. The maximum absolute atomic E-state index is 5.40. The van der Waals surface area contributed by atoms with Crippen molar-refractivity contribution in [2.45, 2.75) is 0 Å². The summed E-state index contributed by atoms with van der Waals surface area (Å²) in [4.78, 5) is 0. The summed E-state index contributed by atoms with van der Waals surface area (Å²) in [5.41, 5.74) is 6.93. The summed E-state index contributed by atoms with van der Waals surface area (Å²) in [6.45, 7) is 3.58. The van der Waals surface area contributed by atoms with Crippen molar-refractivity contribution in [3.63, 3.8) is 0 Å². The minimum atomic E-state index is 0.590. The minimum absolute atomic E-state index is 0.590. The SMILES string of the molecule is C=C(N)c1c[c]ccc1. The first-order valence-corrected chi connectivity index (χ1v) is 2.71. The lowest BCUT2D eigenvalue weighted by molar-refractivity contribution is 1.53. The molecule has 0 atom stereocenters. The van der Waals surface area contributed by atoms with Crippen LogP contribution in [0.4, 0.5) is 0 Å². The highest BCUT2D eigenvalue weighted by atomic mass is 14.6. The first-order valence-electron chi connectivity index (χ1n) is 2.71. The molecule has 0 saturated carbocycles. The Balaban J connectivity index is 2.98. The number of rotatable bonds is 1. The van der Waals surface area contributed by atoms with Crippen molar-refractivity contribution in [1.29, 1.82) is 0 Å². The van der Waals surface area contributed by atoms with Crippen LogP contribution in [0.3, 0.4) is 0 Å². The molecule has 0 aliphatic rings. The molecule has 0 aromatic heterocycles. The molecule has 1 radical (unpaired) electrons. The van der Waals surface area contributed by atoms with Crippen molar-refractivity contribution in [3.8, 4) is 0 Å². The zero-order valence-corrected chi connectivity index (χ0v) is 5.09. The molecule has 0 aliphatic carbocycles. The average molecular weight is 118 g/mol. The third kappa shape index (κ3) is 1.32. The molecule has 0 bridgehead atoms. The summed E-state index contributed by atoms with van der Waals surface area (Å²) in [5, 5.41) is 0. The number of hydrogen-bond donors (Lipinski definition) is 1. The van der Waals surface area contributed by atoms with Gasteiger partial charge in [-0.1, -0.05) is 24.8 Å². The molecule has 1 heteroatoms. The Bertz CT molecular complexity index is 201. The predicted molar refractivity (Wildman–Crippen MR) is 38.5 cm³/mol. The van der Waals surface area contributed by atoms with Crippen LogP contribution < -0.4 is 5.73 Å². The van der Waals surface area contributed by atoms with Gasteiger partial charge in [0.2, 0.25) is 0 Å². The smallest absolute Gasteiger partial charge is 0.0314 e. The quantitative estimate of drug-likeness (QED) is 0.593. The lowest BCUT2D eigenvalue weighted by atomic mass is 10.2. The second kappa shape index (κ2) is 2.35. The number of benzene rings is 1. The van der Waals surface area contributed by atoms with Gasteiger partial charge in [-0.2, -0.15) is 0 Å². The van der Waals surface area contributed by atoms with Crippen LogP contribution in [0.2, 0.25) is 0 Å². The van der Waals surface area contributed by atoms with E-state index in [2.05, 4.69) is 12.6 Å². The summed E-state index contributed by atoms with van der Waals surface area (Å²) in [5.74, 6) is 0. The van der Waals surface area contributed by atoms with Gasteiger partial charge < -0.3 is 5.73 Å². The first-order chi connectivity index (χ1) is 4.30. The molecule has 0 fully saturated rings. The Labute approximate surface area is 54.8 Å². The summed E-state index contributed by atoms with van der Waals surface area (Å²) in [6.07, 6.45) is 0. The van der Waals surface area contributed by atoms with E-state index in [0.717, 1.165) is 5.56 Å². The topological polar surface area (TPSA) is 26.0 Å². The fraction of sp³-hybridized carbons (Fsp3) is 0. The van der Waals surface area contributed by atoms with E-state index in [0.29, 0.717) is 5.70 Å². The van der Waals surface area contributed by atoms with Gasteiger partial charge >= 0.3 is 0 Å². The molecular weight excluding hydrogens is 110 g/mol. The van der Waals surface area contributed by atoms with Crippen molar-refractivity contribution in [2.24, 2.45) is 5.73 Å². The molecule has 0 amide bonds. The first kappa shape index (κ1) is 5.89. The maximum atomic E-state index is 5.40. The molecule has 2 N–H and O–H groups in total. The molecule has 1 rings (SSSR count). The van der Waals surface area contributed by atoms with Crippen LogP contribution in [0.5, 0.6) is 0 Å². The van der Waals surface area contributed by atoms with Crippen LogP contribution >= 0.6 is 0 Å². The van der Waals surface area contributed by atoms with Gasteiger partial charge in [0.1, 0.15) is 0 Å². The normalized spacial score (nSPS) is 8.89. The highest BCUT2D eigenvalue weighted by Gasteiger charge is 1.87. The monoisotopic (exact) mass is 118 g/mol. The van der Waals surface area contributed by atoms with Crippen molar-refractivity contribution < 1.29 is 0 Å². The van der Waals surface area contributed by atoms with Gasteiger partial charge in [0.15, 0.2) is 0 Å². The molecule has 0 aliphatic heterocycles. The van der Waals surface area contributed by atoms with Gasteiger partial charge in [-0.3, -0.25) is 0 Å². The Hall–Kier alpha value is -1.24. The summed E-state index contributed by atoms with van der Waals surface area (Å²) >= 11 is 0. The van der Waals surface area contributed by atoms with E-state index in [-0.39, 0.29) is 0 Å². The lowest BCUT2D eigenvalue weighted by Crippen LogP contribution is -1.91. The highest BCUT2D eigenvalue weighted by molar-refractivity contribution is 5.59. The van der Waals surface area contributed by atoms with Gasteiger partial charge in [0.05, 0.1) is 0 Å². The second-order valence-electron chi connectivity index (χ2n) is 1.82. The van der Waals surface area contributed by atoms with Crippen molar-refractivity contribution in [2.75, 3.05) is 0 Å². The van der Waals surface area contributed by atoms with Gasteiger partial charge in [-0.25, -0.2) is 0 Å². The van der Waals surface area contributed by atoms with Gasteiger partial charge in [0, 0.05) is 5.70 Å². The molecule has 0 saturated heterocycles. The maximum Gasteiger partial charge on any atom is 0.0314 e. The van der Waals surface area contributed by atoms with Crippen LogP contribution in [0.15, 0.2) is 30.8 Å². The molecule has 1 nitrogen and oxygen atoms in total. The van der Waals surface area contributed by atoms with Crippen LogP contribution in [-0.4, -0.2) is 0 Å². The molecule has 45 valence electrons. The summed E-state index contributed by atoms with van der Waals surface area (Å²) < 4.78 is 0. The average Bonchev–Trinajstić information content (AvgIpc) is 1.90.